The van der Waals surface area contributed by atoms with Gasteiger partial charge in [-0.25, -0.2) is 4.79 Å². The van der Waals surface area contributed by atoms with Crippen molar-refractivity contribution in [3.8, 4) is 0 Å². The number of anilines is 1. The average molecular weight is 250 g/mol. The Bertz CT molecular complexity index is 432. The van der Waals surface area contributed by atoms with Crippen LogP contribution in [0.1, 0.15) is 36.5 Å². The summed E-state index contributed by atoms with van der Waals surface area (Å²) in [7, 11) is 0. The normalized spacial score (nSPS) is 11.9. The van der Waals surface area contributed by atoms with Crippen molar-refractivity contribution in [2.75, 3.05) is 5.32 Å². The Morgan fingerprint density at radius 3 is 2.78 bits per heavy atom. The van der Waals surface area contributed by atoms with Gasteiger partial charge in [0.05, 0.1) is 11.6 Å². The SMILES string of the molecule is CCCCC(N)C(=O)Nc1cccc(C(=O)O)c1. The monoisotopic (exact) mass is 250 g/mol. The zero-order valence-electron chi connectivity index (χ0n) is 10.3. The highest BCUT2D eigenvalue weighted by molar-refractivity contribution is 5.96. The highest BCUT2D eigenvalue weighted by Crippen LogP contribution is 2.11. The molecule has 4 N–H and O–H groups in total. The molecule has 1 unspecified atom stereocenters. The molecule has 1 rings (SSSR count). The Kier molecular flexibility index (Phi) is 5.32. The van der Waals surface area contributed by atoms with Gasteiger partial charge in [0, 0.05) is 5.69 Å². The van der Waals surface area contributed by atoms with Gasteiger partial charge in [0.2, 0.25) is 5.91 Å². The van der Waals surface area contributed by atoms with Crippen LogP contribution in [0.25, 0.3) is 0 Å². The van der Waals surface area contributed by atoms with Gasteiger partial charge in [0.15, 0.2) is 0 Å². The molecule has 5 heteroatoms. The van der Waals surface area contributed by atoms with Crippen LogP contribution in [0.15, 0.2) is 24.3 Å². The molecule has 1 aromatic carbocycles. The van der Waals surface area contributed by atoms with Crippen LogP contribution in [-0.4, -0.2) is 23.0 Å². The topological polar surface area (TPSA) is 92.4 Å². The van der Waals surface area contributed by atoms with Crippen molar-refractivity contribution in [3.63, 3.8) is 0 Å². The lowest BCUT2D eigenvalue weighted by atomic mass is 10.1. The van der Waals surface area contributed by atoms with E-state index in [0.717, 1.165) is 12.8 Å². The first-order valence-corrected chi connectivity index (χ1v) is 5.94. The van der Waals surface area contributed by atoms with Gasteiger partial charge in [0.1, 0.15) is 0 Å². The fraction of sp³-hybridized carbons (Fsp3) is 0.385. The van der Waals surface area contributed by atoms with Crippen molar-refractivity contribution >= 4 is 17.6 Å². The molecule has 0 aliphatic rings. The molecule has 18 heavy (non-hydrogen) atoms. The number of benzene rings is 1. The van der Waals surface area contributed by atoms with E-state index < -0.39 is 12.0 Å². The first-order chi connectivity index (χ1) is 8.54. The third-order valence-corrected chi connectivity index (χ3v) is 2.58. The lowest BCUT2D eigenvalue weighted by Gasteiger charge is -2.11. The predicted molar refractivity (Wildman–Crippen MR) is 69.5 cm³/mol. The van der Waals surface area contributed by atoms with Crippen LogP contribution in [0.2, 0.25) is 0 Å². The lowest BCUT2D eigenvalue weighted by molar-refractivity contribution is -0.117. The standard InChI is InChI=1S/C13H18N2O3/c1-2-3-7-11(14)12(16)15-10-6-4-5-9(8-10)13(17)18/h4-6,8,11H,2-3,7,14H2,1H3,(H,15,16)(H,17,18). The minimum Gasteiger partial charge on any atom is -0.478 e. The van der Waals surface area contributed by atoms with E-state index in [1.807, 2.05) is 6.92 Å². The summed E-state index contributed by atoms with van der Waals surface area (Å²) in [6, 6.07) is 5.54. The fourth-order valence-electron chi connectivity index (χ4n) is 1.52. The summed E-state index contributed by atoms with van der Waals surface area (Å²) in [5, 5.41) is 11.4. The maximum Gasteiger partial charge on any atom is 0.335 e. The van der Waals surface area contributed by atoms with Crippen LogP contribution < -0.4 is 11.1 Å². The van der Waals surface area contributed by atoms with E-state index in [2.05, 4.69) is 5.32 Å². The van der Waals surface area contributed by atoms with Crippen LogP contribution >= 0.6 is 0 Å². The summed E-state index contributed by atoms with van der Waals surface area (Å²) in [6.45, 7) is 2.03. The zero-order chi connectivity index (χ0) is 13.5. The number of nitrogens with two attached hydrogens (primary N) is 1. The van der Waals surface area contributed by atoms with Crippen LogP contribution in [0.5, 0.6) is 0 Å². The van der Waals surface area contributed by atoms with Gasteiger partial charge in [-0.05, 0) is 24.6 Å². The van der Waals surface area contributed by atoms with Crippen molar-refractivity contribution < 1.29 is 14.7 Å². The molecule has 0 aromatic heterocycles. The third kappa shape index (κ3) is 4.18. The van der Waals surface area contributed by atoms with Gasteiger partial charge in [0.25, 0.3) is 0 Å². The molecule has 0 saturated heterocycles. The number of rotatable bonds is 6. The van der Waals surface area contributed by atoms with E-state index in [9.17, 15) is 9.59 Å². The molecule has 98 valence electrons. The Morgan fingerprint density at radius 1 is 1.44 bits per heavy atom. The summed E-state index contributed by atoms with van der Waals surface area (Å²) < 4.78 is 0. The highest BCUT2D eigenvalue weighted by Gasteiger charge is 2.13. The first-order valence-electron chi connectivity index (χ1n) is 5.94. The molecule has 1 atom stereocenters. The van der Waals surface area contributed by atoms with Gasteiger partial charge in [-0.2, -0.15) is 0 Å². The van der Waals surface area contributed by atoms with E-state index >= 15 is 0 Å². The van der Waals surface area contributed by atoms with E-state index in [4.69, 9.17) is 10.8 Å². The quantitative estimate of drug-likeness (QED) is 0.718. The zero-order valence-corrected chi connectivity index (χ0v) is 10.3. The molecule has 1 amide bonds. The molecule has 0 heterocycles. The maximum absolute atomic E-state index is 11.7. The molecule has 0 spiro atoms. The number of carboxylic acid groups (broad SMARTS) is 1. The lowest BCUT2D eigenvalue weighted by Crippen LogP contribution is -2.35. The molecule has 0 radical (unpaired) electrons. The molecule has 0 aliphatic carbocycles. The molecule has 5 nitrogen and oxygen atoms in total. The summed E-state index contributed by atoms with van der Waals surface area (Å²) in [6.07, 6.45) is 2.50. The van der Waals surface area contributed by atoms with Gasteiger partial charge < -0.3 is 16.2 Å². The van der Waals surface area contributed by atoms with Crippen LogP contribution in [-0.2, 0) is 4.79 Å². The summed E-state index contributed by atoms with van der Waals surface area (Å²) in [5.41, 5.74) is 6.31. The second-order valence-electron chi connectivity index (χ2n) is 4.12. The van der Waals surface area contributed by atoms with Crippen LogP contribution in [0.3, 0.4) is 0 Å². The number of carbonyl (C=O) groups excluding carboxylic acids is 1. The smallest absolute Gasteiger partial charge is 0.335 e. The number of aromatic carboxylic acids is 1. The van der Waals surface area contributed by atoms with Crippen molar-refractivity contribution in [2.45, 2.75) is 32.2 Å². The predicted octanol–water partition coefficient (Wildman–Crippen LogP) is 1.84. The van der Waals surface area contributed by atoms with E-state index in [0.29, 0.717) is 12.1 Å². The summed E-state index contributed by atoms with van der Waals surface area (Å²) >= 11 is 0. The van der Waals surface area contributed by atoms with E-state index in [1.54, 1.807) is 12.1 Å². The highest BCUT2D eigenvalue weighted by atomic mass is 16.4. The van der Waals surface area contributed by atoms with Crippen LogP contribution in [0.4, 0.5) is 5.69 Å². The second kappa shape index (κ2) is 6.76. The number of carboxylic acids is 1. The van der Waals surface area contributed by atoms with E-state index in [-0.39, 0.29) is 11.5 Å². The summed E-state index contributed by atoms with van der Waals surface area (Å²) in [4.78, 5) is 22.5. The molecule has 0 aliphatic heterocycles. The third-order valence-electron chi connectivity index (χ3n) is 2.58. The fourth-order valence-corrected chi connectivity index (χ4v) is 1.52. The van der Waals surface area contributed by atoms with Gasteiger partial charge in [-0.15, -0.1) is 0 Å². The number of unbranched alkanes of at least 4 members (excludes halogenated alkanes) is 1. The largest absolute Gasteiger partial charge is 0.478 e. The van der Waals surface area contributed by atoms with Gasteiger partial charge in [-0.3, -0.25) is 4.79 Å². The van der Waals surface area contributed by atoms with Gasteiger partial charge >= 0.3 is 5.97 Å². The minimum absolute atomic E-state index is 0.134. The minimum atomic E-state index is -1.03. The van der Waals surface area contributed by atoms with Crippen molar-refractivity contribution in [1.82, 2.24) is 0 Å². The molecule has 0 saturated carbocycles. The number of amides is 1. The van der Waals surface area contributed by atoms with Crippen molar-refractivity contribution in [3.05, 3.63) is 29.8 Å². The van der Waals surface area contributed by atoms with Crippen molar-refractivity contribution in [2.24, 2.45) is 5.73 Å². The number of hydrogen-bond acceptors (Lipinski definition) is 3. The van der Waals surface area contributed by atoms with Crippen molar-refractivity contribution in [1.29, 1.82) is 0 Å². The molecule has 0 bridgehead atoms. The Morgan fingerprint density at radius 2 is 2.17 bits per heavy atom. The average Bonchev–Trinajstić information content (AvgIpc) is 2.36. The Labute approximate surface area is 106 Å². The second-order valence-corrected chi connectivity index (χ2v) is 4.12. The number of nitrogens with one attached hydrogen (secondary N) is 1. The molecule has 0 fully saturated rings. The van der Waals surface area contributed by atoms with Crippen LogP contribution in [0, 0.1) is 0 Å². The van der Waals surface area contributed by atoms with E-state index in [1.165, 1.54) is 12.1 Å². The Balaban J connectivity index is 2.64. The number of carbonyl (C=O) groups is 2. The summed E-state index contributed by atoms with van der Waals surface area (Å²) in [5.74, 6) is -1.31. The first kappa shape index (κ1) is 14.2. The molecule has 1 aromatic rings. The molecular weight excluding hydrogens is 232 g/mol. The Hall–Kier alpha value is -1.88. The molecular formula is C13H18N2O3. The number of hydrogen-bond donors (Lipinski definition) is 3. The van der Waals surface area contributed by atoms with Gasteiger partial charge in [-0.1, -0.05) is 25.8 Å². The maximum atomic E-state index is 11.7.